The van der Waals surface area contributed by atoms with Gasteiger partial charge in [-0.1, -0.05) is 88.3 Å². The molecule has 0 heterocycles. The van der Waals surface area contributed by atoms with E-state index in [4.69, 9.17) is 0 Å². The summed E-state index contributed by atoms with van der Waals surface area (Å²) < 4.78 is 32.3. The summed E-state index contributed by atoms with van der Waals surface area (Å²) in [7, 11) is -4.16. The van der Waals surface area contributed by atoms with Crippen molar-refractivity contribution in [2.75, 3.05) is 0 Å². The number of allylic oxidation sites excluding steroid dienone is 1. The first-order valence-corrected chi connectivity index (χ1v) is 9.72. The molecule has 1 aromatic carbocycles. The topological polar surface area (TPSA) is 54.4 Å². The summed E-state index contributed by atoms with van der Waals surface area (Å²) in [5.74, 6) is 0. The third-order valence-electron chi connectivity index (χ3n) is 3.72. The Hall–Kier alpha value is -1.13. The lowest BCUT2D eigenvalue weighted by atomic mass is 10.1. The van der Waals surface area contributed by atoms with E-state index in [0.29, 0.717) is 12.0 Å². The van der Waals surface area contributed by atoms with Gasteiger partial charge in [-0.05, 0) is 18.4 Å². The molecular weight excluding hydrogens is 296 g/mol. The number of benzene rings is 1. The highest BCUT2D eigenvalue weighted by Crippen LogP contribution is 2.21. The van der Waals surface area contributed by atoms with Crippen LogP contribution in [0.3, 0.4) is 0 Å². The van der Waals surface area contributed by atoms with Crippen LogP contribution in [-0.2, 0) is 10.1 Å². The minimum atomic E-state index is -4.16. The van der Waals surface area contributed by atoms with Crippen LogP contribution in [-0.4, -0.2) is 13.0 Å². The average molecular weight is 324 g/mol. The molecule has 22 heavy (non-hydrogen) atoms. The van der Waals surface area contributed by atoms with Crippen molar-refractivity contribution in [1.29, 1.82) is 0 Å². The minimum Gasteiger partial charge on any atom is -0.282 e. The second kappa shape index (κ2) is 10.6. The predicted molar refractivity (Wildman–Crippen MR) is 93.2 cm³/mol. The monoisotopic (exact) mass is 324 g/mol. The lowest BCUT2D eigenvalue weighted by Gasteiger charge is -2.05. The maximum absolute atomic E-state index is 11.5. The Morgan fingerprint density at radius 3 is 2.05 bits per heavy atom. The van der Waals surface area contributed by atoms with Gasteiger partial charge in [0.2, 0.25) is 0 Å². The lowest BCUT2D eigenvalue weighted by Crippen LogP contribution is -2.01. The summed E-state index contributed by atoms with van der Waals surface area (Å²) in [6.45, 7) is 2.21. The van der Waals surface area contributed by atoms with Crippen molar-refractivity contribution in [3.05, 3.63) is 42.0 Å². The van der Waals surface area contributed by atoms with Gasteiger partial charge < -0.3 is 0 Å². The summed E-state index contributed by atoms with van der Waals surface area (Å²) in [6.07, 6.45) is 12.0. The molecule has 4 heteroatoms. The van der Waals surface area contributed by atoms with Crippen LogP contribution in [0, 0.1) is 0 Å². The van der Waals surface area contributed by atoms with E-state index in [2.05, 4.69) is 6.92 Å². The van der Waals surface area contributed by atoms with Crippen LogP contribution in [0.25, 0.3) is 4.91 Å². The van der Waals surface area contributed by atoms with Crippen molar-refractivity contribution in [2.45, 2.75) is 64.7 Å². The molecule has 0 aliphatic rings. The fourth-order valence-electron chi connectivity index (χ4n) is 2.49. The molecule has 0 amide bonds. The third-order valence-corrected chi connectivity index (χ3v) is 4.68. The summed E-state index contributed by atoms with van der Waals surface area (Å²) in [6, 6.07) is 8.76. The molecule has 0 atom stereocenters. The van der Waals surface area contributed by atoms with E-state index in [1.54, 1.807) is 30.3 Å². The Balaban J connectivity index is 2.38. The van der Waals surface area contributed by atoms with E-state index < -0.39 is 10.1 Å². The molecule has 3 nitrogen and oxygen atoms in total. The predicted octanol–water partition coefficient (Wildman–Crippen LogP) is 5.45. The molecule has 124 valence electrons. The van der Waals surface area contributed by atoms with E-state index in [1.807, 2.05) is 6.07 Å². The molecule has 0 saturated carbocycles. The molecule has 0 bridgehead atoms. The average Bonchev–Trinajstić information content (AvgIpc) is 2.49. The zero-order valence-corrected chi connectivity index (χ0v) is 14.3. The SMILES string of the molecule is CCCCCCCCCCC=C(c1ccccc1)S(=O)(=O)O. The Labute approximate surface area is 135 Å². The molecule has 1 N–H and O–H groups in total. The van der Waals surface area contributed by atoms with Crippen LogP contribution in [0.1, 0.15) is 70.3 Å². The van der Waals surface area contributed by atoms with Crippen LogP contribution >= 0.6 is 0 Å². The van der Waals surface area contributed by atoms with Crippen LogP contribution in [0.15, 0.2) is 36.4 Å². The molecule has 0 aromatic heterocycles. The molecular formula is C18H28O3S. The number of hydrogen-bond acceptors (Lipinski definition) is 2. The van der Waals surface area contributed by atoms with Gasteiger partial charge in [-0.15, -0.1) is 0 Å². The van der Waals surface area contributed by atoms with Gasteiger partial charge in [0.25, 0.3) is 10.1 Å². The van der Waals surface area contributed by atoms with E-state index >= 15 is 0 Å². The van der Waals surface area contributed by atoms with Gasteiger partial charge >= 0.3 is 0 Å². The van der Waals surface area contributed by atoms with Crippen molar-refractivity contribution in [3.8, 4) is 0 Å². The van der Waals surface area contributed by atoms with Gasteiger partial charge in [0.15, 0.2) is 0 Å². The van der Waals surface area contributed by atoms with Gasteiger partial charge in [-0.25, -0.2) is 0 Å². The van der Waals surface area contributed by atoms with Gasteiger partial charge in [-0.3, -0.25) is 4.55 Å². The molecule has 1 rings (SSSR count). The molecule has 0 spiro atoms. The zero-order valence-electron chi connectivity index (χ0n) is 13.5. The maximum Gasteiger partial charge on any atom is 0.294 e. The molecule has 0 aliphatic heterocycles. The van der Waals surface area contributed by atoms with Gasteiger partial charge in [0.1, 0.15) is 0 Å². The number of hydrogen-bond donors (Lipinski definition) is 1. The fourth-order valence-corrected chi connectivity index (χ4v) is 3.25. The second-order valence-corrected chi connectivity index (χ2v) is 7.06. The van der Waals surface area contributed by atoms with E-state index in [0.717, 1.165) is 12.8 Å². The van der Waals surface area contributed by atoms with Gasteiger partial charge in [0.05, 0.1) is 4.91 Å². The van der Waals surface area contributed by atoms with Crippen LogP contribution in [0.2, 0.25) is 0 Å². The van der Waals surface area contributed by atoms with Crippen LogP contribution in [0.4, 0.5) is 0 Å². The van der Waals surface area contributed by atoms with Gasteiger partial charge in [0, 0.05) is 0 Å². The minimum absolute atomic E-state index is 0.0241. The molecule has 0 aliphatic carbocycles. The highest BCUT2D eigenvalue weighted by molar-refractivity contribution is 7.95. The Bertz CT molecular complexity index is 533. The summed E-state index contributed by atoms with van der Waals surface area (Å²) >= 11 is 0. The number of unbranched alkanes of at least 4 members (excludes halogenated alkanes) is 8. The van der Waals surface area contributed by atoms with E-state index in [9.17, 15) is 13.0 Å². The summed E-state index contributed by atoms with van der Waals surface area (Å²) in [5, 5.41) is 0. The normalized spacial score (nSPS) is 12.5. The maximum atomic E-state index is 11.5. The largest absolute Gasteiger partial charge is 0.294 e. The Morgan fingerprint density at radius 2 is 1.50 bits per heavy atom. The first kappa shape index (κ1) is 18.9. The quantitative estimate of drug-likeness (QED) is 0.435. The lowest BCUT2D eigenvalue weighted by molar-refractivity contribution is 0.496. The Morgan fingerprint density at radius 1 is 0.955 bits per heavy atom. The summed E-state index contributed by atoms with van der Waals surface area (Å²) in [5.41, 5.74) is 0.546. The highest BCUT2D eigenvalue weighted by Gasteiger charge is 2.15. The standard InChI is InChI=1S/C18H28O3S/c1-2-3-4-5-6-7-8-9-13-16-18(22(19,20)21)17-14-11-10-12-15-17/h10-12,14-16H,2-9,13H2,1H3,(H,19,20,21). The van der Waals surface area contributed by atoms with E-state index in [1.165, 1.54) is 38.5 Å². The first-order chi connectivity index (χ1) is 10.6. The summed E-state index contributed by atoms with van der Waals surface area (Å²) in [4.78, 5) is 0.0241. The van der Waals surface area contributed by atoms with Crippen molar-refractivity contribution in [1.82, 2.24) is 0 Å². The zero-order chi connectivity index (χ0) is 16.3. The third kappa shape index (κ3) is 7.76. The first-order valence-electron chi connectivity index (χ1n) is 8.28. The van der Waals surface area contributed by atoms with Crippen molar-refractivity contribution >= 4 is 15.0 Å². The molecule has 0 unspecified atom stereocenters. The molecule has 1 aromatic rings. The fraction of sp³-hybridized carbons (Fsp3) is 0.556. The second-order valence-electron chi connectivity index (χ2n) is 5.67. The highest BCUT2D eigenvalue weighted by atomic mass is 32.2. The van der Waals surface area contributed by atoms with Crippen LogP contribution in [0.5, 0.6) is 0 Å². The van der Waals surface area contributed by atoms with Crippen molar-refractivity contribution in [3.63, 3.8) is 0 Å². The Kier molecular flexibility index (Phi) is 9.09. The van der Waals surface area contributed by atoms with Gasteiger partial charge in [-0.2, -0.15) is 8.42 Å². The van der Waals surface area contributed by atoms with E-state index in [-0.39, 0.29) is 4.91 Å². The molecule has 0 radical (unpaired) electrons. The van der Waals surface area contributed by atoms with Crippen molar-refractivity contribution in [2.24, 2.45) is 0 Å². The van der Waals surface area contributed by atoms with Crippen molar-refractivity contribution < 1.29 is 13.0 Å². The smallest absolute Gasteiger partial charge is 0.282 e. The number of rotatable bonds is 11. The van der Waals surface area contributed by atoms with Crippen LogP contribution < -0.4 is 0 Å². The molecule has 0 saturated heterocycles. The molecule has 0 fully saturated rings.